The first-order chi connectivity index (χ1) is 28.3. The lowest BCUT2D eigenvalue weighted by atomic mass is 10.0. The number of piperidine rings is 2. The van der Waals surface area contributed by atoms with Crippen molar-refractivity contribution in [2.75, 3.05) is 61.9 Å². The molecule has 1 unspecified atom stereocenters. The molecule has 14 nitrogen and oxygen atoms in total. The van der Waals surface area contributed by atoms with Gasteiger partial charge >= 0.3 is 0 Å². The van der Waals surface area contributed by atoms with E-state index >= 15 is 0 Å². The average Bonchev–Trinajstić information content (AvgIpc) is 3.56. The number of hydrogen-bond acceptors (Lipinski definition) is 12. The van der Waals surface area contributed by atoms with Crippen molar-refractivity contribution in [1.82, 2.24) is 25.1 Å². The topological polar surface area (TPSA) is 166 Å². The summed E-state index contributed by atoms with van der Waals surface area (Å²) in [4.78, 5) is 66.3. The van der Waals surface area contributed by atoms with E-state index in [0.29, 0.717) is 76.3 Å². The highest BCUT2D eigenvalue weighted by Crippen LogP contribution is 2.39. The van der Waals surface area contributed by atoms with Crippen LogP contribution < -0.4 is 30.9 Å². The molecule has 310 valence electrons. The van der Waals surface area contributed by atoms with Gasteiger partial charge in [0.25, 0.3) is 5.91 Å². The number of aromatic nitrogens is 2. The molecule has 59 heavy (non-hydrogen) atoms. The van der Waals surface area contributed by atoms with Crippen molar-refractivity contribution in [2.45, 2.75) is 62.0 Å². The molecular weight excluding hydrogens is 811 g/mol. The van der Waals surface area contributed by atoms with E-state index in [1.807, 2.05) is 66.5 Å². The maximum Gasteiger partial charge on any atom is 0.255 e. The van der Waals surface area contributed by atoms with E-state index < -0.39 is 19.1 Å². The van der Waals surface area contributed by atoms with Crippen LogP contribution in [0.25, 0.3) is 0 Å². The number of methoxy groups -OCH3 is 1. The van der Waals surface area contributed by atoms with Gasteiger partial charge in [-0.1, -0.05) is 29.8 Å². The molecule has 2 fully saturated rings. The van der Waals surface area contributed by atoms with Crippen molar-refractivity contribution in [2.24, 2.45) is 0 Å². The SMILES string of the molecule is COc1cc(N2CCC(N(C)C(=O)CCCSc3cccc4c3CN(C3CCC(=O)NC3=O)C4=O)CC2)ccc1Nc1ncc(Cl)c(Nc2ccccc2P(C)(C)=O)n1. The highest BCUT2D eigenvalue weighted by molar-refractivity contribution is 7.99. The molecule has 3 aliphatic heterocycles. The lowest BCUT2D eigenvalue weighted by Gasteiger charge is -2.38. The normalized spacial score (nSPS) is 17.1. The number of imide groups is 1. The quantitative estimate of drug-likeness (QED) is 0.0537. The molecule has 0 radical (unpaired) electrons. The van der Waals surface area contributed by atoms with Gasteiger partial charge in [0.2, 0.25) is 23.7 Å². The Hall–Kier alpha value is -5.11. The molecule has 0 spiro atoms. The first-order valence-corrected chi connectivity index (χ1v) is 23.6. The highest BCUT2D eigenvalue weighted by Gasteiger charge is 2.40. The molecule has 0 saturated carbocycles. The van der Waals surface area contributed by atoms with Crippen LogP contribution in [0.4, 0.5) is 28.8 Å². The predicted octanol–water partition coefficient (Wildman–Crippen LogP) is 6.63. The Balaban J connectivity index is 0.890. The first-order valence-electron chi connectivity index (χ1n) is 19.6. The summed E-state index contributed by atoms with van der Waals surface area (Å²) in [5, 5.41) is 9.84. The number of thioether (sulfide) groups is 1. The first kappa shape index (κ1) is 42.0. The molecule has 1 aromatic heterocycles. The molecule has 0 bridgehead atoms. The third-order valence-electron chi connectivity index (χ3n) is 11.0. The third kappa shape index (κ3) is 9.53. The fourth-order valence-electron chi connectivity index (χ4n) is 7.78. The lowest BCUT2D eigenvalue weighted by molar-refractivity contribution is -0.137. The van der Waals surface area contributed by atoms with Crippen molar-refractivity contribution < 1.29 is 28.5 Å². The number of carbonyl (C=O) groups is 4. The van der Waals surface area contributed by atoms with Crippen LogP contribution in [0.5, 0.6) is 5.75 Å². The molecule has 2 saturated heterocycles. The van der Waals surface area contributed by atoms with E-state index in [1.54, 1.807) is 43.2 Å². The van der Waals surface area contributed by atoms with Gasteiger partial charge in [-0.25, -0.2) is 4.98 Å². The van der Waals surface area contributed by atoms with Gasteiger partial charge in [0.1, 0.15) is 24.0 Å². The second kappa shape index (κ2) is 18.0. The van der Waals surface area contributed by atoms with Crippen LogP contribution in [0.2, 0.25) is 5.02 Å². The Morgan fingerprint density at radius 2 is 1.81 bits per heavy atom. The van der Waals surface area contributed by atoms with Gasteiger partial charge in [0.05, 0.1) is 24.7 Å². The summed E-state index contributed by atoms with van der Waals surface area (Å²) < 4.78 is 18.7. The van der Waals surface area contributed by atoms with Gasteiger partial charge < -0.3 is 34.6 Å². The standard InChI is InChI=1S/C42H48ClN8O6PS/c1-49(38(53)13-8-22-59-36-12-7-9-28-29(36)25-51(41(28)55)33-16-17-37(52)47-40(33)54)26-18-20-50(21-19-26)27-14-15-31(34(23-27)57-2)46-42-44-24-30(43)39(48-42)45-32-10-5-6-11-35(32)58(3,4)56/h5-7,9-12,14-15,23-24,26,33H,8,13,16-22,25H2,1-4H3,(H,47,52,54)(H2,44,45,46,48). The Bertz CT molecular complexity index is 2320. The molecule has 3 aliphatic rings. The molecule has 4 aromatic rings. The number of para-hydroxylation sites is 1. The number of ether oxygens (including phenoxy) is 1. The number of hydrogen-bond donors (Lipinski definition) is 3. The van der Waals surface area contributed by atoms with Crippen LogP contribution in [0.1, 0.15) is 54.4 Å². The summed E-state index contributed by atoms with van der Waals surface area (Å²) in [7, 11) is 0.940. The summed E-state index contributed by atoms with van der Waals surface area (Å²) in [6.45, 7) is 5.33. The Morgan fingerprint density at radius 3 is 2.56 bits per heavy atom. The van der Waals surface area contributed by atoms with Gasteiger partial charge in [0.15, 0.2) is 5.82 Å². The zero-order valence-electron chi connectivity index (χ0n) is 33.5. The molecule has 3 aromatic carbocycles. The second-order valence-corrected chi connectivity index (χ2v) is 20.0. The Morgan fingerprint density at radius 1 is 1.03 bits per heavy atom. The number of fused-ring (bicyclic) bond motifs is 1. The third-order valence-corrected chi connectivity index (χ3v) is 14.0. The molecule has 0 aliphatic carbocycles. The summed E-state index contributed by atoms with van der Waals surface area (Å²) in [6.07, 6.45) is 4.82. The zero-order valence-corrected chi connectivity index (χ0v) is 36.0. The van der Waals surface area contributed by atoms with Crippen molar-refractivity contribution in [3.8, 4) is 5.75 Å². The van der Waals surface area contributed by atoms with Crippen LogP contribution >= 0.6 is 30.5 Å². The Labute approximate surface area is 353 Å². The largest absolute Gasteiger partial charge is 0.494 e. The van der Waals surface area contributed by atoms with E-state index in [0.717, 1.165) is 42.1 Å². The number of nitrogens with one attached hydrogen (secondary N) is 3. The van der Waals surface area contributed by atoms with Crippen molar-refractivity contribution >= 4 is 88.3 Å². The molecular formula is C42H48ClN8O6PS. The van der Waals surface area contributed by atoms with E-state index in [-0.39, 0.29) is 30.2 Å². The average molecular weight is 859 g/mol. The molecule has 4 amide bonds. The second-order valence-electron chi connectivity index (χ2n) is 15.2. The zero-order chi connectivity index (χ0) is 41.8. The van der Waals surface area contributed by atoms with Gasteiger partial charge in [0, 0.05) is 73.1 Å². The minimum absolute atomic E-state index is 0.112. The fraction of sp³-hybridized carbons (Fsp3) is 0.381. The predicted molar refractivity (Wildman–Crippen MR) is 233 cm³/mol. The number of benzene rings is 3. The van der Waals surface area contributed by atoms with E-state index in [2.05, 4.69) is 30.8 Å². The number of nitrogens with zero attached hydrogens (tertiary/aromatic N) is 5. The maximum atomic E-state index is 13.3. The molecule has 7 rings (SSSR count). The molecule has 1 atom stereocenters. The maximum absolute atomic E-state index is 13.3. The van der Waals surface area contributed by atoms with Crippen LogP contribution in [0.3, 0.4) is 0 Å². The highest BCUT2D eigenvalue weighted by atomic mass is 35.5. The number of amides is 4. The van der Waals surface area contributed by atoms with Gasteiger partial charge in [-0.15, -0.1) is 11.8 Å². The number of halogens is 1. The molecule has 3 N–H and O–H groups in total. The van der Waals surface area contributed by atoms with Crippen molar-refractivity contribution in [1.29, 1.82) is 0 Å². The molecule has 4 heterocycles. The van der Waals surface area contributed by atoms with Crippen LogP contribution in [0, 0.1) is 0 Å². The minimum atomic E-state index is -2.56. The van der Waals surface area contributed by atoms with Crippen LogP contribution in [0.15, 0.2) is 71.8 Å². The van der Waals surface area contributed by atoms with Crippen LogP contribution in [-0.4, -0.2) is 102 Å². The van der Waals surface area contributed by atoms with Crippen molar-refractivity contribution in [3.63, 3.8) is 0 Å². The molecule has 17 heteroatoms. The Kier molecular flexibility index (Phi) is 12.8. The van der Waals surface area contributed by atoms with E-state index in [4.69, 9.17) is 16.3 Å². The number of anilines is 5. The summed E-state index contributed by atoms with van der Waals surface area (Å²) >= 11 is 8.09. The van der Waals surface area contributed by atoms with Gasteiger partial charge in [-0.2, -0.15) is 4.98 Å². The smallest absolute Gasteiger partial charge is 0.255 e. The monoisotopic (exact) mass is 858 g/mol. The minimum Gasteiger partial charge on any atom is -0.494 e. The fourth-order valence-corrected chi connectivity index (χ4v) is 10.1. The van der Waals surface area contributed by atoms with Gasteiger partial charge in [-0.05, 0) is 86.7 Å². The number of carbonyl (C=O) groups excluding carboxylic acids is 4. The van der Waals surface area contributed by atoms with Gasteiger partial charge in [-0.3, -0.25) is 24.5 Å². The van der Waals surface area contributed by atoms with E-state index in [9.17, 15) is 23.7 Å². The van der Waals surface area contributed by atoms with Crippen molar-refractivity contribution in [3.05, 3.63) is 83.0 Å². The summed E-state index contributed by atoms with van der Waals surface area (Å²) in [6, 6.07) is 18.4. The lowest BCUT2D eigenvalue weighted by Crippen LogP contribution is -2.52. The van der Waals surface area contributed by atoms with E-state index in [1.165, 1.54) is 6.20 Å². The summed E-state index contributed by atoms with van der Waals surface area (Å²) in [5.74, 6) is 1.21. The summed E-state index contributed by atoms with van der Waals surface area (Å²) in [5.41, 5.74) is 3.83. The number of rotatable bonds is 14. The van der Waals surface area contributed by atoms with Crippen LogP contribution in [-0.2, 0) is 25.5 Å².